The molecule has 1 aromatic carbocycles. The van der Waals surface area contributed by atoms with Crippen molar-refractivity contribution in [3.63, 3.8) is 0 Å². The molecule has 0 aliphatic heterocycles. The van der Waals surface area contributed by atoms with Crippen LogP contribution in [0.1, 0.15) is 47.5 Å². The summed E-state index contributed by atoms with van der Waals surface area (Å²) in [4.78, 5) is 25.0. The van der Waals surface area contributed by atoms with Crippen LogP contribution in [-0.4, -0.2) is 35.3 Å². The first-order valence-corrected chi connectivity index (χ1v) is 10.4. The Labute approximate surface area is 172 Å². The second kappa shape index (κ2) is 9.65. The highest BCUT2D eigenvalue weighted by Gasteiger charge is 2.17. The van der Waals surface area contributed by atoms with Crippen LogP contribution in [0.2, 0.25) is 0 Å². The number of halogens is 1. The van der Waals surface area contributed by atoms with E-state index in [9.17, 15) is 14.0 Å². The lowest BCUT2D eigenvalue weighted by Gasteiger charge is -2.04. The zero-order valence-electron chi connectivity index (χ0n) is 16.5. The van der Waals surface area contributed by atoms with Gasteiger partial charge < -0.3 is 10.1 Å². The standard InChI is InChI=1S/C21H24FN3O3S/c1-14-17-13-18(20(27)23-12-6-4-3-5-7-19(26)28-2)29-21(17)25(24-14)16-10-8-15(22)9-11-16/h8-11,13H,3-7,12H2,1-2H3,(H,23,27). The number of unbranched alkanes of at least 4 members (excludes halogenated alkanes) is 3. The average Bonchev–Trinajstić information content (AvgIpc) is 3.28. The fraction of sp³-hybridized carbons (Fsp3) is 0.381. The molecule has 8 heteroatoms. The molecule has 2 heterocycles. The summed E-state index contributed by atoms with van der Waals surface area (Å²) >= 11 is 1.37. The molecule has 154 valence electrons. The van der Waals surface area contributed by atoms with Crippen LogP contribution in [0.4, 0.5) is 4.39 Å². The van der Waals surface area contributed by atoms with Crippen LogP contribution >= 0.6 is 11.3 Å². The van der Waals surface area contributed by atoms with Gasteiger partial charge in [-0.15, -0.1) is 11.3 Å². The highest BCUT2D eigenvalue weighted by atomic mass is 32.1. The van der Waals surface area contributed by atoms with Gasteiger partial charge in [0.1, 0.15) is 10.6 Å². The topological polar surface area (TPSA) is 73.2 Å². The number of carbonyl (C=O) groups is 2. The van der Waals surface area contributed by atoms with Crippen LogP contribution in [0, 0.1) is 12.7 Å². The molecule has 0 radical (unpaired) electrons. The Morgan fingerprint density at radius 1 is 1.17 bits per heavy atom. The van der Waals surface area contributed by atoms with Gasteiger partial charge in [-0.05, 0) is 50.1 Å². The van der Waals surface area contributed by atoms with E-state index in [1.54, 1.807) is 16.8 Å². The number of aromatic nitrogens is 2. The molecule has 29 heavy (non-hydrogen) atoms. The van der Waals surface area contributed by atoms with Gasteiger partial charge in [0.25, 0.3) is 5.91 Å². The maximum Gasteiger partial charge on any atom is 0.305 e. The first-order chi connectivity index (χ1) is 14.0. The summed E-state index contributed by atoms with van der Waals surface area (Å²) in [6.45, 7) is 2.49. The predicted molar refractivity (Wildman–Crippen MR) is 111 cm³/mol. The van der Waals surface area contributed by atoms with Crippen LogP contribution in [-0.2, 0) is 9.53 Å². The number of methoxy groups -OCH3 is 1. The number of nitrogens with zero attached hydrogens (tertiary/aromatic N) is 2. The summed E-state index contributed by atoms with van der Waals surface area (Å²) in [5.74, 6) is -0.589. The Morgan fingerprint density at radius 3 is 2.62 bits per heavy atom. The predicted octanol–water partition coefficient (Wildman–Crippen LogP) is 4.39. The number of hydrogen-bond donors (Lipinski definition) is 1. The normalized spacial score (nSPS) is 11.0. The Hall–Kier alpha value is -2.74. The Morgan fingerprint density at radius 2 is 1.90 bits per heavy atom. The molecule has 0 fully saturated rings. The summed E-state index contributed by atoms with van der Waals surface area (Å²) in [6, 6.07) is 7.98. The van der Waals surface area contributed by atoms with E-state index in [1.165, 1.54) is 30.6 Å². The van der Waals surface area contributed by atoms with E-state index >= 15 is 0 Å². The molecule has 6 nitrogen and oxygen atoms in total. The van der Waals surface area contributed by atoms with Crippen molar-refractivity contribution in [3.05, 3.63) is 46.7 Å². The molecular weight excluding hydrogens is 393 g/mol. The van der Waals surface area contributed by atoms with E-state index in [2.05, 4.69) is 15.2 Å². The summed E-state index contributed by atoms with van der Waals surface area (Å²) in [5.41, 5.74) is 1.58. The second-order valence-electron chi connectivity index (χ2n) is 6.80. The third-order valence-corrected chi connectivity index (χ3v) is 5.77. The molecule has 3 aromatic rings. The van der Waals surface area contributed by atoms with E-state index in [0.717, 1.165) is 47.3 Å². The number of ether oxygens (including phenoxy) is 1. The summed E-state index contributed by atoms with van der Waals surface area (Å²) < 4.78 is 19.6. The number of amides is 1. The number of rotatable bonds is 9. The molecule has 1 amide bonds. The highest BCUT2D eigenvalue weighted by molar-refractivity contribution is 7.20. The molecule has 0 saturated carbocycles. The molecule has 1 N–H and O–H groups in total. The monoisotopic (exact) mass is 417 g/mol. The number of esters is 1. The van der Waals surface area contributed by atoms with Crippen LogP contribution in [0.25, 0.3) is 15.9 Å². The maximum absolute atomic E-state index is 13.2. The number of hydrogen-bond acceptors (Lipinski definition) is 5. The molecule has 2 aromatic heterocycles. The lowest BCUT2D eigenvalue weighted by Crippen LogP contribution is -2.23. The number of carbonyl (C=O) groups excluding carboxylic acids is 2. The van der Waals surface area contributed by atoms with Gasteiger partial charge in [-0.25, -0.2) is 9.07 Å². The van der Waals surface area contributed by atoms with Crippen LogP contribution in [0.15, 0.2) is 30.3 Å². The van der Waals surface area contributed by atoms with E-state index in [0.29, 0.717) is 17.8 Å². The molecular formula is C21H24FN3O3S. The van der Waals surface area contributed by atoms with Gasteiger partial charge in [-0.3, -0.25) is 9.59 Å². The number of nitrogens with one attached hydrogen (secondary N) is 1. The summed E-state index contributed by atoms with van der Waals surface area (Å²) in [5, 5.41) is 8.38. The first kappa shape index (κ1) is 21.0. The first-order valence-electron chi connectivity index (χ1n) is 9.59. The molecule has 0 spiro atoms. The molecule has 0 aliphatic rings. The fourth-order valence-corrected chi connectivity index (χ4v) is 4.15. The van der Waals surface area contributed by atoms with Crippen molar-refractivity contribution in [3.8, 4) is 5.69 Å². The Bertz CT molecular complexity index is 995. The molecule has 0 aliphatic carbocycles. The lowest BCUT2D eigenvalue weighted by molar-refractivity contribution is -0.140. The van der Waals surface area contributed by atoms with E-state index in [1.807, 2.05) is 13.0 Å². The smallest absolute Gasteiger partial charge is 0.305 e. The van der Waals surface area contributed by atoms with Gasteiger partial charge >= 0.3 is 5.97 Å². The lowest BCUT2D eigenvalue weighted by atomic mass is 10.1. The number of fused-ring (bicyclic) bond motifs is 1. The van der Waals surface area contributed by atoms with E-state index in [4.69, 9.17) is 0 Å². The van der Waals surface area contributed by atoms with Crippen molar-refractivity contribution in [1.29, 1.82) is 0 Å². The van der Waals surface area contributed by atoms with E-state index < -0.39 is 0 Å². The maximum atomic E-state index is 13.2. The molecule has 0 bridgehead atoms. The molecule has 0 unspecified atom stereocenters. The van der Waals surface area contributed by atoms with Crippen molar-refractivity contribution in [2.24, 2.45) is 0 Å². The number of thiophene rings is 1. The van der Waals surface area contributed by atoms with E-state index in [-0.39, 0.29) is 17.7 Å². The number of aryl methyl sites for hydroxylation is 1. The molecule has 0 atom stereocenters. The summed E-state index contributed by atoms with van der Waals surface area (Å²) in [6.07, 6.45) is 3.98. The third kappa shape index (κ3) is 5.20. The quantitative estimate of drug-likeness (QED) is 0.414. The zero-order valence-corrected chi connectivity index (χ0v) is 17.4. The molecule has 0 saturated heterocycles. The van der Waals surface area contributed by atoms with Gasteiger partial charge in [0.15, 0.2) is 0 Å². The van der Waals surface area contributed by atoms with Gasteiger partial charge in [0.05, 0.1) is 23.4 Å². The zero-order chi connectivity index (χ0) is 20.8. The van der Waals surface area contributed by atoms with Crippen molar-refractivity contribution in [2.45, 2.75) is 39.0 Å². The summed E-state index contributed by atoms with van der Waals surface area (Å²) in [7, 11) is 1.39. The Balaban J connectivity index is 1.56. The second-order valence-corrected chi connectivity index (χ2v) is 7.83. The minimum Gasteiger partial charge on any atom is -0.469 e. The SMILES string of the molecule is COC(=O)CCCCCCNC(=O)c1cc2c(C)nn(-c3ccc(F)cc3)c2s1. The van der Waals surface area contributed by atoms with Gasteiger partial charge in [-0.1, -0.05) is 12.8 Å². The van der Waals surface area contributed by atoms with Gasteiger partial charge in [0, 0.05) is 18.4 Å². The molecule has 3 rings (SSSR count). The van der Waals surface area contributed by atoms with Crippen molar-refractivity contribution >= 4 is 33.4 Å². The van der Waals surface area contributed by atoms with Crippen molar-refractivity contribution < 1.29 is 18.7 Å². The minimum absolute atomic E-state index is 0.106. The fourth-order valence-electron chi connectivity index (χ4n) is 3.06. The average molecular weight is 418 g/mol. The highest BCUT2D eigenvalue weighted by Crippen LogP contribution is 2.30. The van der Waals surface area contributed by atoms with Gasteiger partial charge in [-0.2, -0.15) is 5.10 Å². The Kier molecular flexibility index (Phi) is 6.98. The van der Waals surface area contributed by atoms with Crippen molar-refractivity contribution in [1.82, 2.24) is 15.1 Å². The van der Waals surface area contributed by atoms with Crippen LogP contribution in [0.3, 0.4) is 0 Å². The van der Waals surface area contributed by atoms with Crippen LogP contribution < -0.4 is 5.32 Å². The van der Waals surface area contributed by atoms with Crippen LogP contribution in [0.5, 0.6) is 0 Å². The largest absolute Gasteiger partial charge is 0.469 e. The third-order valence-electron chi connectivity index (χ3n) is 4.66. The van der Waals surface area contributed by atoms with Gasteiger partial charge in [0.2, 0.25) is 0 Å². The number of benzene rings is 1. The minimum atomic E-state index is -0.301. The van der Waals surface area contributed by atoms with Crippen molar-refractivity contribution in [2.75, 3.05) is 13.7 Å².